The summed E-state index contributed by atoms with van der Waals surface area (Å²) < 4.78 is 5.26. The Morgan fingerprint density at radius 3 is 2.44 bits per heavy atom. The topological polar surface area (TPSA) is 67.6 Å². The van der Waals surface area contributed by atoms with E-state index in [1.54, 1.807) is 48.5 Å². The molecule has 0 aliphatic carbocycles. The van der Waals surface area contributed by atoms with Crippen LogP contribution in [-0.2, 0) is 4.79 Å². The number of imide groups is 1. The summed E-state index contributed by atoms with van der Waals surface area (Å²) in [6.45, 7) is 0. The van der Waals surface area contributed by atoms with Crippen molar-refractivity contribution in [2.75, 3.05) is 4.90 Å². The maximum Gasteiger partial charge on any atom is 0.343 e. The van der Waals surface area contributed by atoms with E-state index in [0.29, 0.717) is 11.3 Å². The van der Waals surface area contributed by atoms with Crippen molar-refractivity contribution in [3.8, 4) is 0 Å². The fraction of sp³-hybridized carbons (Fsp3) is 0. The summed E-state index contributed by atoms with van der Waals surface area (Å²) >= 11 is 0.804. The van der Waals surface area contributed by atoms with Gasteiger partial charge in [-0.15, -0.1) is 0 Å². The molecule has 2 amide bonds. The highest BCUT2D eigenvalue weighted by Crippen LogP contribution is 2.35. The number of thioether (sulfide) groups is 1. The summed E-state index contributed by atoms with van der Waals surface area (Å²) in [6.07, 6.45) is 1.41. The minimum atomic E-state index is -0.551. The quantitative estimate of drug-likeness (QED) is 0.516. The van der Waals surface area contributed by atoms with E-state index in [0.717, 1.165) is 22.0 Å². The lowest BCUT2D eigenvalue weighted by Crippen LogP contribution is -2.27. The molecule has 1 aliphatic heterocycles. The van der Waals surface area contributed by atoms with E-state index in [1.807, 2.05) is 12.1 Å². The summed E-state index contributed by atoms with van der Waals surface area (Å²) in [5.74, 6) is -0.450. The molecule has 2 aromatic carbocycles. The summed E-state index contributed by atoms with van der Waals surface area (Å²) in [4.78, 5) is 38.2. The number of hydrogen-bond acceptors (Lipinski definition) is 5. The van der Waals surface area contributed by atoms with Crippen LogP contribution in [0.5, 0.6) is 0 Å². The fourth-order valence-corrected chi connectivity index (χ4v) is 3.42. The van der Waals surface area contributed by atoms with Gasteiger partial charge in [-0.05, 0) is 42.1 Å². The normalized spacial score (nSPS) is 16.2. The van der Waals surface area contributed by atoms with Crippen molar-refractivity contribution in [2.45, 2.75) is 0 Å². The molecule has 3 aromatic rings. The molecule has 4 rings (SSSR count). The second-order valence-corrected chi connectivity index (χ2v) is 6.37. The Morgan fingerprint density at radius 1 is 0.920 bits per heavy atom. The van der Waals surface area contributed by atoms with E-state index in [-0.39, 0.29) is 10.5 Å². The van der Waals surface area contributed by atoms with Crippen LogP contribution in [0.15, 0.2) is 74.8 Å². The third-order valence-electron chi connectivity index (χ3n) is 3.76. The van der Waals surface area contributed by atoms with E-state index in [1.165, 1.54) is 6.08 Å². The molecule has 25 heavy (non-hydrogen) atoms. The Hall–Kier alpha value is -3.12. The number of amides is 2. The molecule has 0 bridgehead atoms. The van der Waals surface area contributed by atoms with E-state index in [4.69, 9.17) is 4.42 Å². The van der Waals surface area contributed by atoms with Crippen LogP contribution in [0.2, 0.25) is 0 Å². The average molecular weight is 349 g/mol. The van der Waals surface area contributed by atoms with Gasteiger partial charge in [0.25, 0.3) is 11.1 Å². The van der Waals surface area contributed by atoms with Crippen LogP contribution in [0.1, 0.15) is 5.56 Å². The number of anilines is 1. The van der Waals surface area contributed by atoms with Gasteiger partial charge in [-0.3, -0.25) is 9.59 Å². The lowest BCUT2D eigenvalue weighted by atomic mass is 10.1. The Balaban J connectivity index is 1.75. The van der Waals surface area contributed by atoms with E-state index in [2.05, 4.69) is 0 Å². The van der Waals surface area contributed by atoms with Gasteiger partial charge in [-0.1, -0.05) is 36.4 Å². The molecule has 0 atom stereocenters. The molecule has 1 aromatic heterocycles. The molecule has 6 heteroatoms. The summed E-state index contributed by atoms with van der Waals surface area (Å²) in [5, 5.41) is 0.350. The summed E-state index contributed by atoms with van der Waals surface area (Å²) in [6, 6.07) is 17.4. The highest BCUT2D eigenvalue weighted by atomic mass is 32.2. The SMILES string of the molecule is O=C1S/C(=C\c2cc3ccccc3oc2=O)C(=O)N1c1ccccc1. The Bertz CT molecular complexity index is 1090. The highest BCUT2D eigenvalue weighted by molar-refractivity contribution is 8.19. The second kappa shape index (κ2) is 6.07. The van der Waals surface area contributed by atoms with Gasteiger partial charge in [0.15, 0.2) is 0 Å². The zero-order valence-electron chi connectivity index (χ0n) is 12.8. The van der Waals surface area contributed by atoms with Crippen molar-refractivity contribution in [1.29, 1.82) is 0 Å². The van der Waals surface area contributed by atoms with Gasteiger partial charge < -0.3 is 4.42 Å². The van der Waals surface area contributed by atoms with Crippen molar-refractivity contribution < 1.29 is 14.0 Å². The summed E-state index contributed by atoms with van der Waals surface area (Å²) in [7, 11) is 0. The molecule has 1 aliphatic rings. The van der Waals surface area contributed by atoms with Gasteiger partial charge in [0.05, 0.1) is 16.2 Å². The number of fused-ring (bicyclic) bond motifs is 1. The maximum absolute atomic E-state index is 12.6. The van der Waals surface area contributed by atoms with Crippen LogP contribution in [0.25, 0.3) is 17.0 Å². The largest absolute Gasteiger partial charge is 0.422 e. The predicted octanol–water partition coefficient (Wildman–Crippen LogP) is 4.03. The van der Waals surface area contributed by atoms with Crippen LogP contribution >= 0.6 is 11.8 Å². The maximum atomic E-state index is 12.6. The first-order valence-corrected chi connectivity index (χ1v) is 8.31. The zero-order valence-corrected chi connectivity index (χ0v) is 13.7. The molecular formula is C19H11NO4S. The lowest BCUT2D eigenvalue weighted by molar-refractivity contribution is -0.113. The van der Waals surface area contributed by atoms with Crippen LogP contribution in [-0.4, -0.2) is 11.1 Å². The first-order chi connectivity index (χ1) is 12.1. The van der Waals surface area contributed by atoms with Crippen molar-refractivity contribution in [3.63, 3.8) is 0 Å². The molecule has 0 saturated carbocycles. The molecule has 122 valence electrons. The molecular weight excluding hydrogens is 338 g/mol. The number of para-hydroxylation sites is 2. The molecule has 1 saturated heterocycles. The fourth-order valence-electron chi connectivity index (χ4n) is 2.59. The third kappa shape index (κ3) is 2.77. The predicted molar refractivity (Wildman–Crippen MR) is 97.4 cm³/mol. The molecule has 1 fully saturated rings. The molecule has 0 spiro atoms. The van der Waals surface area contributed by atoms with Crippen LogP contribution < -0.4 is 10.5 Å². The summed E-state index contributed by atoms with van der Waals surface area (Å²) in [5.41, 5.74) is 0.656. The molecule has 0 unspecified atom stereocenters. The van der Waals surface area contributed by atoms with Crippen LogP contribution in [0.4, 0.5) is 10.5 Å². The monoisotopic (exact) mass is 349 g/mol. The molecule has 0 N–H and O–H groups in total. The van der Waals surface area contributed by atoms with Gasteiger partial charge in [-0.25, -0.2) is 9.69 Å². The van der Waals surface area contributed by atoms with Crippen molar-refractivity contribution in [1.82, 2.24) is 0 Å². The number of benzene rings is 2. The van der Waals surface area contributed by atoms with Crippen LogP contribution in [0, 0.1) is 0 Å². The van der Waals surface area contributed by atoms with E-state index < -0.39 is 16.8 Å². The first kappa shape index (κ1) is 15.4. The van der Waals surface area contributed by atoms with E-state index >= 15 is 0 Å². The van der Waals surface area contributed by atoms with Gasteiger partial charge in [0.1, 0.15) is 5.58 Å². The van der Waals surface area contributed by atoms with E-state index in [9.17, 15) is 14.4 Å². The first-order valence-electron chi connectivity index (χ1n) is 7.49. The van der Waals surface area contributed by atoms with Gasteiger partial charge >= 0.3 is 5.63 Å². The number of carbonyl (C=O) groups excluding carboxylic acids is 2. The van der Waals surface area contributed by atoms with Crippen molar-refractivity contribution >= 4 is 45.6 Å². The number of carbonyl (C=O) groups is 2. The molecule has 0 radical (unpaired) electrons. The lowest BCUT2D eigenvalue weighted by Gasteiger charge is -2.11. The van der Waals surface area contributed by atoms with Gasteiger partial charge in [-0.2, -0.15) is 0 Å². The number of hydrogen-bond donors (Lipinski definition) is 0. The van der Waals surface area contributed by atoms with Gasteiger partial charge in [0.2, 0.25) is 0 Å². The zero-order chi connectivity index (χ0) is 17.4. The second-order valence-electron chi connectivity index (χ2n) is 5.38. The molecule has 5 nitrogen and oxygen atoms in total. The minimum absolute atomic E-state index is 0.191. The van der Waals surface area contributed by atoms with Crippen LogP contribution in [0.3, 0.4) is 0 Å². The average Bonchev–Trinajstić information content (AvgIpc) is 2.90. The molecule has 2 heterocycles. The minimum Gasteiger partial charge on any atom is -0.422 e. The van der Waals surface area contributed by atoms with Crippen molar-refractivity contribution in [2.24, 2.45) is 0 Å². The Morgan fingerprint density at radius 2 is 1.64 bits per heavy atom. The van der Waals surface area contributed by atoms with Gasteiger partial charge in [0, 0.05) is 5.39 Å². The highest BCUT2D eigenvalue weighted by Gasteiger charge is 2.36. The smallest absolute Gasteiger partial charge is 0.343 e. The Kier molecular flexibility index (Phi) is 3.74. The third-order valence-corrected chi connectivity index (χ3v) is 4.63. The number of nitrogens with zero attached hydrogens (tertiary/aromatic N) is 1. The van der Waals surface area contributed by atoms with Crippen molar-refractivity contribution in [3.05, 3.63) is 81.6 Å². The number of rotatable bonds is 2. The Labute approximate surface area is 146 Å². The standard InChI is InChI=1S/C19H11NO4S/c21-17-16(25-19(23)20(17)14-7-2-1-3-8-14)11-13-10-12-6-4-5-9-15(12)24-18(13)22/h1-11H/b16-11-.